The first-order chi connectivity index (χ1) is 16.0. The van der Waals surface area contributed by atoms with Crippen LogP contribution in [-0.4, -0.2) is 39.9 Å². The molecule has 178 valence electrons. The summed E-state index contributed by atoms with van der Waals surface area (Å²) >= 11 is 1.65. The summed E-state index contributed by atoms with van der Waals surface area (Å²) in [5, 5.41) is 18.0. The van der Waals surface area contributed by atoms with Gasteiger partial charge in [-0.3, -0.25) is 4.79 Å². The predicted molar refractivity (Wildman–Crippen MR) is 134 cm³/mol. The van der Waals surface area contributed by atoms with Crippen LogP contribution >= 0.6 is 11.3 Å². The van der Waals surface area contributed by atoms with Gasteiger partial charge in [-0.2, -0.15) is 5.10 Å². The number of benzene rings is 1. The number of pyridine rings is 1. The lowest BCUT2D eigenvalue weighted by Crippen LogP contribution is -2.14. The number of thiophene rings is 1. The van der Waals surface area contributed by atoms with Gasteiger partial charge in [0.25, 0.3) is 5.91 Å². The lowest BCUT2D eigenvalue weighted by molar-refractivity contribution is 0.102. The number of phenolic OH excluding ortho intramolecular Hbond substituents is 1. The summed E-state index contributed by atoms with van der Waals surface area (Å²) in [4.78, 5) is 20.5. The van der Waals surface area contributed by atoms with Gasteiger partial charge in [-0.05, 0) is 58.0 Å². The minimum absolute atomic E-state index is 0.0184. The van der Waals surface area contributed by atoms with Crippen LogP contribution in [0.1, 0.15) is 46.9 Å². The summed E-state index contributed by atoms with van der Waals surface area (Å²) in [6.07, 6.45) is 1.60. The normalized spacial score (nSPS) is 11.9. The molecule has 0 saturated heterocycles. The number of nitrogens with zero attached hydrogens (tertiary/aromatic N) is 3. The Bertz CT molecular complexity index is 1520. The molecular weight excluding hydrogens is 472 g/mol. The topological polar surface area (TPSA) is 114 Å². The number of carbonyl (C=O) groups is 1. The fraction of sp³-hybridized carbons (Fsp3) is 0.292. The number of fused-ring (bicyclic) bond motifs is 1. The van der Waals surface area contributed by atoms with Gasteiger partial charge in [0.2, 0.25) is 0 Å². The van der Waals surface area contributed by atoms with Crippen molar-refractivity contribution in [3.05, 3.63) is 51.8 Å². The summed E-state index contributed by atoms with van der Waals surface area (Å²) < 4.78 is 26.3. The van der Waals surface area contributed by atoms with Gasteiger partial charge in [-0.25, -0.2) is 18.1 Å². The van der Waals surface area contributed by atoms with Crippen molar-refractivity contribution < 1.29 is 18.3 Å². The van der Waals surface area contributed by atoms with Gasteiger partial charge in [0.1, 0.15) is 5.75 Å². The van der Waals surface area contributed by atoms with E-state index in [-0.39, 0.29) is 28.1 Å². The molecule has 4 aromatic rings. The first-order valence-electron chi connectivity index (χ1n) is 10.8. The molecule has 1 aromatic carbocycles. The quantitative estimate of drug-likeness (QED) is 0.357. The van der Waals surface area contributed by atoms with Crippen LogP contribution in [0, 0.1) is 13.8 Å². The Kier molecular flexibility index (Phi) is 6.22. The second-order valence-corrected chi connectivity index (χ2v) is 12.1. The lowest BCUT2D eigenvalue weighted by Gasteiger charge is -2.12. The number of hydrogen-bond donors (Lipinski definition) is 2. The molecule has 0 aliphatic rings. The average Bonchev–Trinajstić information content (AvgIpc) is 3.36. The van der Waals surface area contributed by atoms with Crippen LogP contribution in [0.15, 0.2) is 41.4 Å². The Labute approximate surface area is 202 Å². The lowest BCUT2D eigenvalue weighted by atomic mass is 10.1. The molecule has 8 nitrogen and oxygen atoms in total. The zero-order valence-corrected chi connectivity index (χ0v) is 21.2. The number of phenols is 1. The third-order valence-electron chi connectivity index (χ3n) is 5.57. The van der Waals surface area contributed by atoms with Crippen molar-refractivity contribution >= 4 is 43.8 Å². The fourth-order valence-corrected chi connectivity index (χ4v) is 5.61. The van der Waals surface area contributed by atoms with Crippen LogP contribution in [0.5, 0.6) is 5.75 Å². The standard InChI is InChI=1S/C24H26N4O4S2/c1-6-34(31,32)16-7-8-22(29)21(10-16)27-24(30)18-11-20(17-9-14(4)33-15(17)5)26-23-19(18)12-25-28(23)13(2)3/h7-13,29H,6H2,1-5H3,(H,27,30). The molecule has 0 saturated carbocycles. The van der Waals surface area contributed by atoms with Crippen molar-refractivity contribution in [1.82, 2.24) is 14.8 Å². The number of carbonyl (C=O) groups excluding carboxylic acids is 1. The molecule has 0 spiro atoms. The van der Waals surface area contributed by atoms with Crippen molar-refractivity contribution in [2.75, 3.05) is 11.1 Å². The molecule has 4 rings (SSSR count). The van der Waals surface area contributed by atoms with Gasteiger partial charge in [0.05, 0.1) is 39.2 Å². The summed E-state index contributed by atoms with van der Waals surface area (Å²) in [6.45, 7) is 9.54. The molecule has 0 unspecified atom stereocenters. The Hall–Kier alpha value is -3.24. The number of aromatic hydroxyl groups is 1. The number of aromatic nitrogens is 3. The summed E-state index contributed by atoms with van der Waals surface area (Å²) in [7, 11) is -3.51. The van der Waals surface area contributed by atoms with E-state index in [0.717, 1.165) is 15.3 Å². The molecule has 1 amide bonds. The molecule has 3 heterocycles. The second kappa shape index (κ2) is 8.84. The zero-order valence-electron chi connectivity index (χ0n) is 19.6. The molecule has 0 atom stereocenters. The summed E-state index contributed by atoms with van der Waals surface area (Å²) in [5.41, 5.74) is 2.51. The maximum Gasteiger partial charge on any atom is 0.256 e. The number of nitrogens with one attached hydrogen (secondary N) is 1. The molecule has 3 aromatic heterocycles. The highest BCUT2D eigenvalue weighted by Gasteiger charge is 2.21. The van der Waals surface area contributed by atoms with Gasteiger partial charge in [0.15, 0.2) is 15.5 Å². The highest BCUT2D eigenvalue weighted by molar-refractivity contribution is 7.91. The van der Waals surface area contributed by atoms with Gasteiger partial charge in [0, 0.05) is 21.4 Å². The highest BCUT2D eigenvalue weighted by Crippen LogP contribution is 2.33. The Balaban J connectivity index is 1.85. The third kappa shape index (κ3) is 4.30. The van der Waals surface area contributed by atoms with Gasteiger partial charge >= 0.3 is 0 Å². The molecule has 0 aliphatic carbocycles. The summed E-state index contributed by atoms with van der Waals surface area (Å²) in [6, 6.07) is 7.64. The third-order valence-corrected chi connectivity index (χ3v) is 8.27. The molecule has 0 radical (unpaired) electrons. The van der Waals surface area contributed by atoms with Crippen molar-refractivity contribution in [2.45, 2.75) is 45.6 Å². The smallest absolute Gasteiger partial charge is 0.256 e. The van der Waals surface area contributed by atoms with Crippen molar-refractivity contribution in [2.24, 2.45) is 0 Å². The molecule has 2 N–H and O–H groups in total. The first kappa shape index (κ1) is 23.9. The number of sulfone groups is 1. The van der Waals surface area contributed by atoms with Crippen molar-refractivity contribution in [3.63, 3.8) is 0 Å². The second-order valence-electron chi connectivity index (χ2n) is 8.34. The van der Waals surface area contributed by atoms with E-state index in [1.54, 1.807) is 28.3 Å². The largest absolute Gasteiger partial charge is 0.506 e. The molecular formula is C24H26N4O4S2. The number of aryl methyl sites for hydroxylation is 2. The van der Waals surface area contributed by atoms with Crippen LogP contribution in [0.4, 0.5) is 5.69 Å². The van der Waals surface area contributed by atoms with E-state index in [2.05, 4.69) is 10.4 Å². The number of amides is 1. The van der Waals surface area contributed by atoms with E-state index >= 15 is 0 Å². The van der Waals surface area contributed by atoms with E-state index in [1.807, 2.05) is 33.8 Å². The Morgan fingerprint density at radius 3 is 2.56 bits per heavy atom. The molecule has 0 fully saturated rings. The first-order valence-corrected chi connectivity index (χ1v) is 13.3. The Morgan fingerprint density at radius 1 is 1.21 bits per heavy atom. The molecule has 34 heavy (non-hydrogen) atoms. The number of hydrogen-bond acceptors (Lipinski definition) is 7. The minimum atomic E-state index is -3.51. The van der Waals surface area contributed by atoms with Crippen LogP contribution < -0.4 is 5.32 Å². The zero-order chi connectivity index (χ0) is 24.8. The highest BCUT2D eigenvalue weighted by atomic mass is 32.2. The van der Waals surface area contributed by atoms with Gasteiger partial charge in [-0.15, -0.1) is 11.3 Å². The van der Waals surface area contributed by atoms with Crippen LogP contribution in [0.3, 0.4) is 0 Å². The Morgan fingerprint density at radius 2 is 1.94 bits per heavy atom. The van der Waals surface area contributed by atoms with Crippen LogP contribution in [-0.2, 0) is 9.84 Å². The van der Waals surface area contributed by atoms with Crippen LogP contribution in [0.2, 0.25) is 0 Å². The van der Waals surface area contributed by atoms with E-state index in [0.29, 0.717) is 22.3 Å². The maximum atomic E-state index is 13.4. The van der Waals surface area contributed by atoms with Crippen molar-refractivity contribution in [3.8, 4) is 17.0 Å². The number of anilines is 1. The van der Waals surface area contributed by atoms with Gasteiger partial charge in [-0.1, -0.05) is 6.92 Å². The van der Waals surface area contributed by atoms with E-state index in [9.17, 15) is 18.3 Å². The maximum absolute atomic E-state index is 13.4. The van der Waals surface area contributed by atoms with Crippen LogP contribution in [0.25, 0.3) is 22.3 Å². The van der Waals surface area contributed by atoms with E-state index < -0.39 is 15.7 Å². The van der Waals surface area contributed by atoms with Crippen molar-refractivity contribution in [1.29, 1.82) is 0 Å². The summed E-state index contributed by atoms with van der Waals surface area (Å²) in [5.74, 6) is -0.813. The van der Waals surface area contributed by atoms with E-state index in [1.165, 1.54) is 25.1 Å². The monoisotopic (exact) mass is 498 g/mol. The molecule has 0 aliphatic heterocycles. The number of rotatable bonds is 6. The van der Waals surface area contributed by atoms with Gasteiger partial charge < -0.3 is 10.4 Å². The molecule has 10 heteroatoms. The SMILES string of the molecule is CCS(=O)(=O)c1ccc(O)c(NC(=O)c2cc(-c3cc(C)sc3C)nc3c2cnn3C(C)C)c1. The fourth-order valence-electron chi connectivity index (χ4n) is 3.77. The minimum Gasteiger partial charge on any atom is -0.506 e. The average molecular weight is 499 g/mol. The predicted octanol–water partition coefficient (Wildman–Crippen LogP) is 5.11. The van der Waals surface area contributed by atoms with E-state index in [4.69, 9.17) is 4.98 Å². The molecule has 0 bridgehead atoms.